The van der Waals surface area contributed by atoms with Crippen LogP contribution in [0.4, 0.5) is 8.78 Å². The summed E-state index contributed by atoms with van der Waals surface area (Å²) >= 11 is 3.07. The van der Waals surface area contributed by atoms with Gasteiger partial charge in [0.15, 0.2) is 0 Å². The Labute approximate surface area is 97.2 Å². The van der Waals surface area contributed by atoms with Crippen molar-refractivity contribution in [3.63, 3.8) is 0 Å². The van der Waals surface area contributed by atoms with Gasteiger partial charge in [0, 0.05) is 5.56 Å². The van der Waals surface area contributed by atoms with E-state index in [0.717, 1.165) is 19.0 Å². The largest absolute Gasteiger partial charge is 0.309 e. The summed E-state index contributed by atoms with van der Waals surface area (Å²) in [5.41, 5.74) is 0.428. The molecule has 0 heterocycles. The molecule has 0 spiro atoms. The Morgan fingerprint density at radius 2 is 1.80 bits per heavy atom. The molecule has 84 valence electrons. The van der Waals surface area contributed by atoms with Crippen LogP contribution in [0.25, 0.3) is 0 Å². The predicted molar refractivity (Wildman–Crippen MR) is 60.9 cm³/mol. The van der Waals surface area contributed by atoms with Crippen LogP contribution in [0.2, 0.25) is 0 Å². The van der Waals surface area contributed by atoms with Gasteiger partial charge in [-0.2, -0.15) is 0 Å². The van der Waals surface area contributed by atoms with Gasteiger partial charge in [0.2, 0.25) is 0 Å². The zero-order valence-electron chi connectivity index (χ0n) is 8.86. The Morgan fingerprint density at radius 1 is 1.20 bits per heavy atom. The zero-order chi connectivity index (χ0) is 11.4. The van der Waals surface area contributed by atoms with Crippen LogP contribution in [0.5, 0.6) is 0 Å². The zero-order valence-corrected chi connectivity index (χ0v) is 10.4. The molecule has 0 aromatic heterocycles. The van der Waals surface area contributed by atoms with Crippen molar-refractivity contribution in [1.82, 2.24) is 4.90 Å². The molecule has 0 amide bonds. The highest BCUT2D eigenvalue weighted by molar-refractivity contribution is 9.10. The van der Waals surface area contributed by atoms with E-state index < -0.39 is 5.82 Å². The molecule has 0 aliphatic rings. The van der Waals surface area contributed by atoms with E-state index in [4.69, 9.17) is 0 Å². The lowest BCUT2D eigenvalue weighted by Gasteiger charge is -2.10. The summed E-state index contributed by atoms with van der Waals surface area (Å²) in [6, 6.07) is 2.31. The van der Waals surface area contributed by atoms with Crippen LogP contribution < -0.4 is 0 Å². The topological polar surface area (TPSA) is 3.24 Å². The van der Waals surface area contributed by atoms with Gasteiger partial charge in [-0.1, -0.05) is 0 Å². The van der Waals surface area contributed by atoms with Crippen LogP contribution >= 0.6 is 15.9 Å². The van der Waals surface area contributed by atoms with Crippen molar-refractivity contribution in [2.45, 2.75) is 12.8 Å². The highest BCUT2D eigenvalue weighted by Gasteiger charge is 2.10. The Morgan fingerprint density at radius 3 is 2.40 bits per heavy atom. The molecule has 1 aromatic carbocycles. The molecule has 0 atom stereocenters. The number of hydrogen-bond acceptors (Lipinski definition) is 1. The fourth-order valence-electron chi connectivity index (χ4n) is 1.37. The molecule has 0 aliphatic heterocycles. The Balaban J connectivity index is 2.71. The summed E-state index contributed by atoms with van der Waals surface area (Å²) in [6.07, 6.45) is 1.36. The van der Waals surface area contributed by atoms with Gasteiger partial charge >= 0.3 is 0 Å². The van der Waals surface area contributed by atoms with Crippen molar-refractivity contribution in [2.75, 3.05) is 20.6 Å². The third-order valence-corrected chi connectivity index (χ3v) is 3.03. The molecule has 0 saturated heterocycles. The van der Waals surface area contributed by atoms with Crippen LogP contribution in [0.15, 0.2) is 16.6 Å². The molecule has 0 aliphatic carbocycles. The normalized spacial score (nSPS) is 11.1. The van der Waals surface area contributed by atoms with E-state index in [2.05, 4.69) is 15.9 Å². The number of nitrogens with zero attached hydrogens (tertiary/aromatic N) is 1. The number of benzene rings is 1. The summed E-state index contributed by atoms with van der Waals surface area (Å²) in [5, 5.41) is 0. The predicted octanol–water partition coefficient (Wildman–Crippen LogP) is 3.22. The van der Waals surface area contributed by atoms with Crippen molar-refractivity contribution >= 4 is 15.9 Å². The van der Waals surface area contributed by atoms with Gasteiger partial charge in [0.25, 0.3) is 0 Å². The maximum absolute atomic E-state index is 13.3. The first-order chi connectivity index (χ1) is 7.02. The molecular weight excluding hydrogens is 264 g/mol. The van der Waals surface area contributed by atoms with Crippen molar-refractivity contribution in [1.29, 1.82) is 0 Å². The van der Waals surface area contributed by atoms with Crippen molar-refractivity contribution < 1.29 is 8.78 Å². The van der Waals surface area contributed by atoms with Crippen molar-refractivity contribution in [3.05, 3.63) is 33.8 Å². The molecule has 0 N–H and O–H groups in total. The van der Waals surface area contributed by atoms with Crippen LogP contribution in [0.3, 0.4) is 0 Å². The highest BCUT2D eigenvalue weighted by atomic mass is 79.9. The maximum atomic E-state index is 13.3. The molecular formula is C11H14BrF2N. The van der Waals surface area contributed by atoms with E-state index in [1.54, 1.807) is 0 Å². The fourth-order valence-corrected chi connectivity index (χ4v) is 1.89. The molecule has 0 fully saturated rings. The standard InChI is InChI=1S/C11H14BrF2N/c1-15(2)7-3-4-8-9(13)5-6-10(14)11(8)12/h5-6H,3-4,7H2,1-2H3. The second-order valence-corrected chi connectivity index (χ2v) is 4.52. The average Bonchev–Trinajstić information content (AvgIpc) is 2.17. The van der Waals surface area contributed by atoms with Gasteiger partial charge in [-0.05, 0) is 61.5 Å². The molecule has 0 unspecified atom stereocenters. The number of halogens is 3. The Hall–Kier alpha value is -0.480. The van der Waals surface area contributed by atoms with Crippen LogP contribution in [0.1, 0.15) is 12.0 Å². The molecule has 0 bridgehead atoms. The summed E-state index contributed by atoms with van der Waals surface area (Å²) in [7, 11) is 3.91. The second kappa shape index (κ2) is 5.56. The minimum atomic E-state index is -0.406. The summed E-state index contributed by atoms with van der Waals surface area (Å²) in [6.45, 7) is 0.863. The van der Waals surface area contributed by atoms with Crippen LogP contribution in [0, 0.1) is 11.6 Å². The quantitative estimate of drug-likeness (QED) is 0.764. The lowest BCUT2D eigenvalue weighted by Crippen LogP contribution is -2.14. The minimum Gasteiger partial charge on any atom is -0.309 e. The summed E-state index contributed by atoms with van der Waals surface area (Å²) in [4.78, 5) is 2.02. The van der Waals surface area contributed by atoms with Gasteiger partial charge in [-0.15, -0.1) is 0 Å². The van der Waals surface area contributed by atoms with Gasteiger partial charge in [0.1, 0.15) is 11.6 Å². The molecule has 4 heteroatoms. The van der Waals surface area contributed by atoms with Gasteiger partial charge in [-0.25, -0.2) is 8.78 Å². The SMILES string of the molecule is CN(C)CCCc1c(F)ccc(F)c1Br. The average molecular weight is 278 g/mol. The van der Waals surface area contributed by atoms with Crippen molar-refractivity contribution in [2.24, 2.45) is 0 Å². The van der Waals surface area contributed by atoms with E-state index in [0.29, 0.717) is 12.0 Å². The molecule has 1 nitrogen and oxygen atoms in total. The third kappa shape index (κ3) is 3.54. The number of rotatable bonds is 4. The molecule has 1 rings (SSSR count). The highest BCUT2D eigenvalue weighted by Crippen LogP contribution is 2.24. The van der Waals surface area contributed by atoms with E-state index in [-0.39, 0.29) is 10.3 Å². The lowest BCUT2D eigenvalue weighted by molar-refractivity contribution is 0.398. The summed E-state index contributed by atoms with van der Waals surface area (Å²) < 4.78 is 26.7. The molecule has 0 radical (unpaired) electrons. The summed E-state index contributed by atoms with van der Waals surface area (Å²) in [5.74, 6) is -0.752. The van der Waals surface area contributed by atoms with Gasteiger partial charge in [0.05, 0.1) is 4.47 Å². The van der Waals surface area contributed by atoms with Crippen LogP contribution in [-0.2, 0) is 6.42 Å². The molecule has 1 aromatic rings. The smallest absolute Gasteiger partial charge is 0.137 e. The second-order valence-electron chi connectivity index (χ2n) is 3.73. The third-order valence-electron chi connectivity index (χ3n) is 2.17. The maximum Gasteiger partial charge on any atom is 0.137 e. The molecule has 0 saturated carbocycles. The van der Waals surface area contributed by atoms with Crippen molar-refractivity contribution in [3.8, 4) is 0 Å². The molecule has 15 heavy (non-hydrogen) atoms. The first-order valence-corrected chi connectivity index (χ1v) is 5.58. The fraction of sp³-hybridized carbons (Fsp3) is 0.455. The first-order valence-electron chi connectivity index (χ1n) is 4.79. The number of hydrogen-bond donors (Lipinski definition) is 0. The van der Waals surface area contributed by atoms with E-state index in [9.17, 15) is 8.78 Å². The first kappa shape index (κ1) is 12.6. The lowest BCUT2D eigenvalue weighted by atomic mass is 10.1. The van der Waals surface area contributed by atoms with E-state index in [1.807, 2.05) is 19.0 Å². The Bertz CT molecular complexity index is 340. The Kier molecular flexibility index (Phi) is 4.67. The van der Waals surface area contributed by atoms with Gasteiger partial charge in [-0.3, -0.25) is 0 Å². The monoisotopic (exact) mass is 277 g/mol. The minimum absolute atomic E-state index is 0.251. The van der Waals surface area contributed by atoms with Gasteiger partial charge < -0.3 is 4.90 Å². The van der Waals surface area contributed by atoms with E-state index in [1.165, 1.54) is 6.07 Å². The van der Waals surface area contributed by atoms with E-state index >= 15 is 0 Å². The van der Waals surface area contributed by atoms with Crippen LogP contribution in [-0.4, -0.2) is 25.5 Å².